The molecule has 0 radical (unpaired) electrons. The maximum atomic E-state index is 13.3. The zero-order chi connectivity index (χ0) is 21.3. The largest absolute Gasteiger partial charge is 0.497 e. The number of rotatable bonds is 10. The summed E-state index contributed by atoms with van der Waals surface area (Å²) >= 11 is 5.88. The zero-order valence-electron chi connectivity index (χ0n) is 16.8. The molecule has 3 rings (SSSR count). The molecule has 0 aromatic heterocycles. The van der Waals surface area contributed by atoms with Crippen LogP contribution in [0.5, 0.6) is 11.5 Å². The highest BCUT2D eigenvalue weighted by molar-refractivity contribution is 6.30. The van der Waals surface area contributed by atoms with Crippen LogP contribution in [0.4, 0.5) is 4.39 Å². The van der Waals surface area contributed by atoms with Gasteiger partial charge in [0.1, 0.15) is 30.0 Å². The van der Waals surface area contributed by atoms with Gasteiger partial charge in [0.2, 0.25) is 0 Å². The second kappa shape index (κ2) is 11.0. The Morgan fingerprint density at radius 2 is 1.63 bits per heavy atom. The number of halogens is 2. The van der Waals surface area contributed by atoms with Crippen molar-refractivity contribution < 1.29 is 19.0 Å². The lowest BCUT2D eigenvalue weighted by atomic mass is 10.1. The molecule has 0 aliphatic carbocycles. The molecular formula is C24H25ClFNO3. The number of hydrogen-bond acceptors (Lipinski definition) is 4. The predicted octanol–water partition coefficient (Wildman–Crippen LogP) is 4.93. The summed E-state index contributed by atoms with van der Waals surface area (Å²) in [6.45, 7) is 1.71. The first-order chi connectivity index (χ1) is 14.5. The molecular weight excluding hydrogens is 405 g/mol. The molecule has 0 heterocycles. The van der Waals surface area contributed by atoms with E-state index in [0.29, 0.717) is 30.4 Å². The third-order valence-corrected chi connectivity index (χ3v) is 4.84. The van der Waals surface area contributed by atoms with Crippen molar-refractivity contribution in [1.82, 2.24) is 4.90 Å². The third-order valence-electron chi connectivity index (χ3n) is 4.58. The maximum Gasteiger partial charge on any atom is 0.123 e. The molecule has 0 fully saturated rings. The normalized spacial score (nSPS) is 12.0. The fourth-order valence-electron chi connectivity index (χ4n) is 3.14. The molecule has 0 saturated heterocycles. The average Bonchev–Trinajstić information content (AvgIpc) is 2.75. The van der Waals surface area contributed by atoms with Crippen molar-refractivity contribution in [3.63, 3.8) is 0 Å². The Kier molecular flexibility index (Phi) is 8.08. The Bertz CT molecular complexity index is 918. The van der Waals surface area contributed by atoms with Gasteiger partial charge in [-0.1, -0.05) is 35.9 Å². The van der Waals surface area contributed by atoms with Gasteiger partial charge in [-0.25, -0.2) is 4.39 Å². The van der Waals surface area contributed by atoms with Gasteiger partial charge < -0.3 is 14.6 Å². The van der Waals surface area contributed by atoms with Crippen molar-refractivity contribution in [3.05, 3.63) is 94.8 Å². The van der Waals surface area contributed by atoms with Gasteiger partial charge >= 0.3 is 0 Å². The van der Waals surface area contributed by atoms with E-state index in [-0.39, 0.29) is 12.4 Å². The highest BCUT2D eigenvalue weighted by Crippen LogP contribution is 2.18. The molecule has 0 aliphatic rings. The minimum absolute atomic E-state index is 0.152. The van der Waals surface area contributed by atoms with Crippen LogP contribution in [-0.2, 0) is 13.1 Å². The van der Waals surface area contributed by atoms with Crippen LogP contribution < -0.4 is 9.47 Å². The fourth-order valence-corrected chi connectivity index (χ4v) is 3.26. The van der Waals surface area contributed by atoms with Gasteiger partial charge in [-0.2, -0.15) is 0 Å². The summed E-state index contributed by atoms with van der Waals surface area (Å²) in [6.07, 6.45) is -0.702. The van der Waals surface area contributed by atoms with Gasteiger partial charge in [0.05, 0.1) is 7.11 Å². The molecule has 1 atom stereocenters. The molecule has 3 aromatic rings. The van der Waals surface area contributed by atoms with Crippen molar-refractivity contribution in [2.45, 2.75) is 19.2 Å². The number of methoxy groups -OCH3 is 1. The van der Waals surface area contributed by atoms with Gasteiger partial charge in [-0.3, -0.25) is 4.90 Å². The van der Waals surface area contributed by atoms with Crippen LogP contribution in [0, 0.1) is 5.82 Å². The fraction of sp³-hybridized carbons (Fsp3) is 0.250. The van der Waals surface area contributed by atoms with Crippen molar-refractivity contribution in [1.29, 1.82) is 0 Å². The van der Waals surface area contributed by atoms with Gasteiger partial charge in [0.15, 0.2) is 0 Å². The van der Waals surface area contributed by atoms with E-state index in [1.807, 2.05) is 24.3 Å². The lowest BCUT2D eigenvalue weighted by molar-refractivity contribution is 0.0628. The third kappa shape index (κ3) is 7.02. The van der Waals surface area contributed by atoms with Crippen LogP contribution >= 0.6 is 11.6 Å². The van der Waals surface area contributed by atoms with Gasteiger partial charge in [0.25, 0.3) is 0 Å². The summed E-state index contributed by atoms with van der Waals surface area (Å²) in [5.74, 6) is 1.16. The number of ether oxygens (including phenoxy) is 2. The average molecular weight is 430 g/mol. The zero-order valence-corrected chi connectivity index (χ0v) is 17.6. The van der Waals surface area contributed by atoms with Gasteiger partial charge in [-0.05, 0) is 59.7 Å². The Morgan fingerprint density at radius 1 is 0.933 bits per heavy atom. The number of aliphatic hydroxyl groups excluding tert-OH is 1. The summed E-state index contributed by atoms with van der Waals surface area (Å²) in [6, 6.07) is 21.2. The Labute approximate surface area is 181 Å². The van der Waals surface area contributed by atoms with Crippen molar-refractivity contribution in [2.75, 3.05) is 20.3 Å². The lowest BCUT2D eigenvalue weighted by Gasteiger charge is -2.25. The molecule has 0 spiro atoms. The molecule has 4 nitrogen and oxygen atoms in total. The molecule has 3 aromatic carbocycles. The number of benzene rings is 3. The monoisotopic (exact) mass is 429 g/mol. The standard InChI is InChI=1S/C24H25ClFNO3/c1-29-24-4-2-3-19(13-24)15-27(14-18-5-9-21(26)10-6-18)16-22(28)17-30-23-11-7-20(25)8-12-23/h2-13,22,28H,14-17H2,1H3. The Balaban J connectivity index is 1.65. The second-order valence-corrected chi connectivity index (χ2v) is 7.50. The van der Waals surface area contributed by atoms with E-state index in [9.17, 15) is 9.50 Å². The highest BCUT2D eigenvalue weighted by Gasteiger charge is 2.15. The highest BCUT2D eigenvalue weighted by atomic mass is 35.5. The summed E-state index contributed by atoms with van der Waals surface area (Å²) in [4.78, 5) is 2.10. The molecule has 1 unspecified atom stereocenters. The van der Waals surface area contributed by atoms with Crippen molar-refractivity contribution >= 4 is 11.6 Å². The van der Waals surface area contributed by atoms with E-state index in [4.69, 9.17) is 21.1 Å². The van der Waals surface area contributed by atoms with Crippen LogP contribution in [-0.4, -0.2) is 36.4 Å². The first-order valence-electron chi connectivity index (χ1n) is 9.68. The minimum Gasteiger partial charge on any atom is -0.497 e. The molecule has 0 amide bonds. The maximum absolute atomic E-state index is 13.3. The summed E-state index contributed by atoms with van der Waals surface area (Å²) in [5.41, 5.74) is 2.02. The quantitative estimate of drug-likeness (QED) is 0.496. The van der Waals surface area contributed by atoms with Gasteiger partial charge in [-0.15, -0.1) is 0 Å². The van der Waals surface area contributed by atoms with Crippen molar-refractivity contribution in [2.24, 2.45) is 0 Å². The van der Waals surface area contributed by atoms with Gasteiger partial charge in [0, 0.05) is 24.7 Å². The Morgan fingerprint density at radius 3 is 2.33 bits per heavy atom. The number of aliphatic hydroxyl groups is 1. The van der Waals surface area contributed by atoms with E-state index in [1.54, 1.807) is 43.5 Å². The van der Waals surface area contributed by atoms with E-state index in [1.165, 1.54) is 12.1 Å². The Hall–Kier alpha value is -2.60. The van der Waals surface area contributed by atoms with Crippen molar-refractivity contribution in [3.8, 4) is 11.5 Å². The minimum atomic E-state index is -0.702. The second-order valence-electron chi connectivity index (χ2n) is 7.07. The molecule has 0 bridgehead atoms. The van der Waals surface area contributed by atoms with Crippen LogP contribution in [0.2, 0.25) is 5.02 Å². The molecule has 0 aliphatic heterocycles. The van der Waals surface area contributed by atoms with Crippen LogP contribution in [0.15, 0.2) is 72.8 Å². The SMILES string of the molecule is COc1cccc(CN(Cc2ccc(F)cc2)CC(O)COc2ccc(Cl)cc2)c1. The van der Waals surface area contributed by atoms with Crippen LogP contribution in [0.3, 0.4) is 0 Å². The summed E-state index contributed by atoms with van der Waals surface area (Å²) in [7, 11) is 1.63. The first kappa shape index (κ1) is 22.1. The topological polar surface area (TPSA) is 41.9 Å². The summed E-state index contributed by atoms with van der Waals surface area (Å²) in [5, 5.41) is 11.2. The molecule has 158 valence electrons. The lowest BCUT2D eigenvalue weighted by Crippen LogP contribution is -2.35. The van der Waals surface area contributed by atoms with Crippen LogP contribution in [0.1, 0.15) is 11.1 Å². The van der Waals surface area contributed by atoms with E-state index < -0.39 is 6.10 Å². The van der Waals surface area contributed by atoms with E-state index in [0.717, 1.165) is 16.9 Å². The smallest absolute Gasteiger partial charge is 0.123 e. The first-order valence-corrected chi connectivity index (χ1v) is 10.1. The molecule has 6 heteroatoms. The molecule has 1 N–H and O–H groups in total. The van der Waals surface area contributed by atoms with Crippen LogP contribution in [0.25, 0.3) is 0 Å². The van der Waals surface area contributed by atoms with E-state index in [2.05, 4.69) is 4.90 Å². The summed E-state index contributed by atoms with van der Waals surface area (Å²) < 4.78 is 24.2. The number of nitrogens with zero attached hydrogens (tertiary/aromatic N) is 1. The predicted molar refractivity (Wildman–Crippen MR) is 116 cm³/mol. The molecule has 30 heavy (non-hydrogen) atoms. The van der Waals surface area contributed by atoms with E-state index >= 15 is 0 Å². The number of hydrogen-bond donors (Lipinski definition) is 1. The molecule has 0 saturated carbocycles.